The number of rotatable bonds is 6. The summed E-state index contributed by atoms with van der Waals surface area (Å²) in [5.74, 6) is -1.07. The average Bonchev–Trinajstić information content (AvgIpc) is 2.36. The first-order valence-corrected chi connectivity index (χ1v) is 8.24. The van der Waals surface area contributed by atoms with Gasteiger partial charge in [-0.05, 0) is 55.4 Å². The molecule has 0 fully saturated rings. The number of ether oxygens (including phenoxy) is 2. The minimum atomic E-state index is -0.315. The van der Waals surface area contributed by atoms with Gasteiger partial charge in [0.15, 0.2) is 11.6 Å². The Morgan fingerprint density at radius 3 is 1.07 bits per heavy atom. The fourth-order valence-electron chi connectivity index (χ4n) is 0.727. The molecule has 0 heterocycles. The molecular formula is C18H36O8Ti. The summed E-state index contributed by atoms with van der Waals surface area (Å²) in [7, 11) is 0. The zero-order valence-electron chi connectivity index (χ0n) is 17.6. The van der Waals surface area contributed by atoms with E-state index in [1.165, 1.54) is 13.8 Å². The second-order valence-electron chi connectivity index (χ2n) is 5.24. The van der Waals surface area contributed by atoms with Crippen LogP contribution in [0.15, 0.2) is 24.0 Å². The van der Waals surface area contributed by atoms with Crippen molar-refractivity contribution in [3.63, 3.8) is 0 Å². The SMILES string of the molecule is CC(C)O.CC(C)O.CCO/C(O)=C/C(C)=O.CCO/C(O)=C\C(C)=O.[Ti]. The summed E-state index contributed by atoms with van der Waals surface area (Å²) in [4.78, 5) is 20.4. The summed E-state index contributed by atoms with van der Waals surface area (Å²) in [5, 5.41) is 33.4. The van der Waals surface area contributed by atoms with Crippen LogP contribution in [0.3, 0.4) is 0 Å². The molecule has 8 nitrogen and oxygen atoms in total. The smallest absolute Gasteiger partial charge is 0.280 e. The maximum absolute atomic E-state index is 10.2. The van der Waals surface area contributed by atoms with E-state index in [4.69, 9.17) is 20.4 Å². The number of carbonyl (C=O) groups is 2. The van der Waals surface area contributed by atoms with Crippen molar-refractivity contribution in [3.05, 3.63) is 24.0 Å². The third-order valence-corrected chi connectivity index (χ3v) is 1.24. The Hall–Kier alpha value is -1.35. The number of hydrogen-bond donors (Lipinski definition) is 4. The molecule has 0 saturated carbocycles. The molecule has 0 saturated heterocycles. The van der Waals surface area contributed by atoms with Crippen LogP contribution < -0.4 is 0 Å². The zero-order valence-corrected chi connectivity index (χ0v) is 19.2. The maximum Gasteiger partial charge on any atom is 0.280 e. The van der Waals surface area contributed by atoms with Gasteiger partial charge in [0.2, 0.25) is 0 Å². The maximum atomic E-state index is 10.2. The van der Waals surface area contributed by atoms with Gasteiger partial charge in [-0.2, -0.15) is 0 Å². The molecule has 0 spiro atoms. The summed E-state index contributed by atoms with van der Waals surface area (Å²) >= 11 is 0. The topological polar surface area (TPSA) is 134 Å². The molecule has 0 radical (unpaired) electrons. The molecule has 160 valence electrons. The van der Waals surface area contributed by atoms with E-state index < -0.39 is 0 Å². The summed E-state index contributed by atoms with van der Waals surface area (Å²) in [6, 6.07) is 0. The third kappa shape index (κ3) is 79.0. The van der Waals surface area contributed by atoms with Crippen molar-refractivity contribution in [1.29, 1.82) is 0 Å². The van der Waals surface area contributed by atoms with Gasteiger partial charge >= 0.3 is 0 Å². The van der Waals surface area contributed by atoms with Gasteiger partial charge < -0.3 is 29.9 Å². The fourth-order valence-corrected chi connectivity index (χ4v) is 0.727. The van der Waals surface area contributed by atoms with Crippen molar-refractivity contribution in [2.45, 2.75) is 67.6 Å². The van der Waals surface area contributed by atoms with Gasteiger partial charge in [0.05, 0.1) is 25.4 Å². The summed E-state index contributed by atoms with van der Waals surface area (Å²) in [6.45, 7) is 13.8. The summed E-state index contributed by atoms with van der Waals surface area (Å²) < 4.78 is 9.10. The molecule has 0 aromatic carbocycles. The Labute approximate surface area is 177 Å². The van der Waals surface area contributed by atoms with Gasteiger partial charge in [-0.3, -0.25) is 9.59 Å². The molecule has 27 heavy (non-hydrogen) atoms. The van der Waals surface area contributed by atoms with Crippen LogP contribution in [0.4, 0.5) is 0 Å². The van der Waals surface area contributed by atoms with Crippen molar-refractivity contribution in [1.82, 2.24) is 0 Å². The molecule has 0 aliphatic carbocycles. The summed E-state index contributed by atoms with van der Waals surface area (Å²) in [5.41, 5.74) is 0. The van der Waals surface area contributed by atoms with E-state index in [9.17, 15) is 9.59 Å². The van der Waals surface area contributed by atoms with Gasteiger partial charge in [-0.25, -0.2) is 0 Å². The first-order valence-electron chi connectivity index (χ1n) is 8.24. The van der Waals surface area contributed by atoms with Crippen molar-refractivity contribution in [2.75, 3.05) is 13.2 Å². The Bertz CT molecular complexity index is 361. The van der Waals surface area contributed by atoms with Gasteiger partial charge in [0.25, 0.3) is 11.9 Å². The number of ketones is 2. The zero-order chi connectivity index (χ0) is 21.7. The molecule has 0 atom stereocenters. The number of carbonyl (C=O) groups excluding carboxylic acids is 2. The number of aliphatic hydroxyl groups excluding tert-OH is 4. The molecule has 0 aliphatic rings. The van der Waals surface area contributed by atoms with Crippen LogP contribution in [0, 0.1) is 0 Å². The van der Waals surface area contributed by atoms with Crippen LogP contribution in [-0.2, 0) is 40.8 Å². The van der Waals surface area contributed by atoms with Crippen LogP contribution >= 0.6 is 0 Å². The molecule has 0 aromatic heterocycles. The Balaban J connectivity index is -0.0000000843. The van der Waals surface area contributed by atoms with E-state index in [1.807, 2.05) is 0 Å². The first-order chi connectivity index (χ1) is 11.8. The van der Waals surface area contributed by atoms with E-state index in [0.29, 0.717) is 13.2 Å². The normalized spacial score (nSPS) is 10.1. The molecule has 9 heteroatoms. The fraction of sp³-hybridized carbons (Fsp3) is 0.667. The second-order valence-corrected chi connectivity index (χ2v) is 5.24. The van der Waals surface area contributed by atoms with Crippen molar-refractivity contribution < 1.29 is 61.2 Å². The molecule has 0 bridgehead atoms. The van der Waals surface area contributed by atoms with Crippen LogP contribution in [0.5, 0.6) is 0 Å². The van der Waals surface area contributed by atoms with E-state index in [1.54, 1.807) is 41.5 Å². The quantitative estimate of drug-likeness (QED) is 0.288. The van der Waals surface area contributed by atoms with Gasteiger partial charge in [-0.1, -0.05) is 0 Å². The minimum Gasteiger partial charge on any atom is -0.481 e. The molecule has 0 aromatic rings. The predicted octanol–water partition coefficient (Wildman–Crippen LogP) is 2.79. The standard InChI is InChI=1S/2C6H10O3.2C3H8O.Ti/c2*1-3-9-6(8)4-5(2)7;2*1-3(2)4;/h2*4,8H,3H2,1-2H3;2*3-4H,1-2H3;/b6-4+;6-4-;;;. The molecule has 4 N–H and O–H groups in total. The van der Waals surface area contributed by atoms with E-state index in [0.717, 1.165) is 12.2 Å². The van der Waals surface area contributed by atoms with E-state index in [-0.39, 0.29) is 57.4 Å². The number of aliphatic hydroxyl groups is 4. The van der Waals surface area contributed by atoms with Gasteiger partial charge in [0, 0.05) is 33.9 Å². The molecule has 0 aliphatic heterocycles. The van der Waals surface area contributed by atoms with E-state index in [2.05, 4.69) is 9.47 Å². The minimum absolute atomic E-state index is 0. The Kier molecular flexibility index (Phi) is 36.4. The average molecular weight is 428 g/mol. The Morgan fingerprint density at radius 2 is 0.963 bits per heavy atom. The van der Waals surface area contributed by atoms with Crippen LogP contribution in [0.1, 0.15) is 55.4 Å². The van der Waals surface area contributed by atoms with Gasteiger partial charge in [0.1, 0.15) is 0 Å². The third-order valence-electron chi connectivity index (χ3n) is 1.24. The van der Waals surface area contributed by atoms with Crippen LogP contribution in [-0.4, -0.2) is 57.4 Å². The van der Waals surface area contributed by atoms with Crippen molar-refractivity contribution >= 4 is 11.6 Å². The number of allylic oxidation sites excluding steroid dienone is 2. The van der Waals surface area contributed by atoms with Crippen molar-refractivity contribution in [3.8, 4) is 0 Å². The second kappa shape index (κ2) is 26.9. The van der Waals surface area contributed by atoms with Crippen LogP contribution in [0.2, 0.25) is 0 Å². The number of hydrogen-bond acceptors (Lipinski definition) is 8. The van der Waals surface area contributed by atoms with Crippen molar-refractivity contribution in [2.24, 2.45) is 0 Å². The van der Waals surface area contributed by atoms with E-state index >= 15 is 0 Å². The molecule has 0 amide bonds. The molecular weight excluding hydrogens is 392 g/mol. The summed E-state index contributed by atoms with van der Waals surface area (Å²) in [6.07, 6.45) is 1.73. The van der Waals surface area contributed by atoms with Crippen LogP contribution in [0.25, 0.3) is 0 Å². The Morgan fingerprint density at radius 1 is 0.778 bits per heavy atom. The predicted molar refractivity (Wildman–Crippen MR) is 101 cm³/mol. The first kappa shape index (κ1) is 36.6. The molecule has 0 unspecified atom stereocenters. The monoisotopic (exact) mass is 428 g/mol. The largest absolute Gasteiger partial charge is 0.481 e. The molecule has 0 rings (SSSR count). The van der Waals surface area contributed by atoms with Gasteiger partial charge in [-0.15, -0.1) is 0 Å².